The molecule has 0 amide bonds. The number of benzene rings is 1. The monoisotopic (exact) mass is 285 g/mol. The van der Waals surface area contributed by atoms with Gasteiger partial charge < -0.3 is 4.57 Å². The van der Waals surface area contributed by atoms with Gasteiger partial charge in [-0.3, -0.25) is 4.79 Å². The molecule has 0 saturated carbocycles. The van der Waals surface area contributed by atoms with E-state index in [0.717, 1.165) is 30.5 Å². The SMILES string of the molecule is CCCCCC(CC)c1cc2ccccc2n(CC)c1=O. The van der Waals surface area contributed by atoms with Gasteiger partial charge in [0.2, 0.25) is 0 Å². The van der Waals surface area contributed by atoms with Crippen molar-refractivity contribution in [2.75, 3.05) is 0 Å². The van der Waals surface area contributed by atoms with Crippen LogP contribution in [0, 0.1) is 0 Å². The fourth-order valence-electron chi connectivity index (χ4n) is 3.18. The normalized spacial score (nSPS) is 12.7. The van der Waals surface area contributed by atoms with E-state index < -0.39 is 0 Å². The van der Waals surface area contributed by atoms with Crippen LogP contribution in [0.2, 0.25) is 0 Å². The number of nitrogens with zero attached hydrogens (tertiary/aromatic N) is 1. The number of pyridine rings is 1. The summed E-state index contributed by atoms with van der Waals surface area (Å²) in [6.45, 7) is 7.21. The van der Waals surface area contributed by atoms with Crippen LogP contribution in [-0.2, 0) is 6.54 Å². The number of aromatic nitrogens is 1. The standard InChI is InChI=1S/C19H27NO/c1-4-7-8-11-15(5-2)17-14-16-12-9-10-13-18(16)20(6-3)19(17)21/h9-10,12-15H,4-8,11H2,1-3H3. The molecule has 0 aliphatic carbocycles. The minimum atomic E-state index is 0.208. The van der Waals surface area contributed by atoms with Crippen molar-refractivity contribution < 1.29 is 0 Å². The van der Waals surface area contributed by atoms with Crippen LogP contribution in [-0.4, -0.2) is 4.57 Å². The van der Waals surface area contributed by atoms with E-state index in [0.29, 0.717) is 5.92 Å². The van der Waals surface area contributed by atoms with Crippen molar-refractivity contribution in [2.24, 2.45) is 0 Å². The Hall–Kier alpha value is -1.57. The first-order chi connectivity index (χ1) is 10.2. The van der Waals surface area contributed by atoms with Crippen LogP contribution in [0.3, 0.4) is 0 Å². The smallest absolute Gasteiger partial charge is 0.254 e. The van der Waals surface area contributed by atoms with Crippen molar-refractivity contribution in [3.05, 3.63) is 46.2 Å². The second-order valence-electron chi connectivity index (χ2n) is 5.81. The van der Waals surface area contributed by atoms with E-state index in [1.54, 1.807) is 0 Å². The molecule has 2 nitrogen and oxygen atoms in total. The summed E-state index contributed by atoms with van der Waals surface area (Å²) in [5.41, 5.74) is 2.27. The van der Waals surface area contributed by atoms with Crippen molar-refractivity contribution in [2.45, 2.75) is 65.3 Å². The van der Waals surface area contributed by atoms with Gasteiger partial charge in [0.25, 0.3) is 5.56 Å². The summed E-state index contributed by atoms with van der Waals surface area (Å²) in [7, 11) is 0. The maximum atomic E-state index is 12.8. The van der Waals surface area contributed by atoms with Crippen LogP contribution >= 0.6 is 0 Å². The largest absolute Gasteiger partial charge is 0.308 e. The number of rotatable bonds is 7. The lowest BCUT2D eigenvalue weighted by atomic mass is 9.91. The van der Waals surface area contributed by atoms with Gasteiger partial charge in [-0.25, -0.2) is 0 Å². The van der Waals surface area contributed by atoms with E-state index in [2.05, 4.69) is 39.0 Å². The second kappa shape index (κ2) is 7.44. The number of fused-ring (bicyclic) bond motifs is 1. The third-order valence-electron chi connectivity index (χ3n) is 4.44. The molecular weight excluding hydrogens is 258 g/mol. The average Bonchev–Trinajstić information content (AvgIpc) is 2.51. The quantitative estimate of drug-likeness (QED) is 0.649. The van der Waals surface area contributed by atoms with E-state index in [1.807, 2.05) is 16.7 Å². The number of aryl methyl sites for hydroxylation is 1. The summed E-state index contributed by atoms with van der Waals surface area (Å²) in [5, 5.41) is 1.18. The summed E-state index contributed by atoms with van der Waals surface area (Å²) in [5.74, 6) is 0.395. The Morgan fingerprint density at radius 1 is 1.10 bits per heavy atom. The molecule has 0 fully saturated rings. The first-order valence-electron chi connectivity index (χ1n) is 8.35. The van der Waals surface area contributed by atoms with Crippen LogP contribution in [0.15, 0.2) is 35.1 Å². The molecular formula is C19H27NO. The Labute approximate surface area is 127 Å². The molecule has 1 heterocycles. The molecule has 0 bridgehead atoms. The third-order valence-corrected chi connectivity index (χ3v) is 4.44. The maximum absolute atomic E-state index is 12.8. The third kappa shape index (κ3) is 3.37. The van der Waals surface area contributed by atoms with Gasteiger partial charge in [-0.05, 0) is 43.2 Å². The highest BCUT2D eigenvalue weighted by Crippen LogP contribution is 2.26. The maximum Gasteiger partial charge on any atom is 0.254 e. The Kier molecular flexibility index (Phi) is 5.60. The fourth-order valence-corrected chi connectivity index (χ4v) is 3.18. The first kappa shape index (κ1) is 15.8. The van der Waals surface area contributed by atoms with Crippen LogP contribution < -0.4 is 5.56 Å². The van der Waals surface area contributed by atoms with Gasteiger partial charge in [0.1, 0.15) is 0 Å². The minimum absolute atomic E-state index is 0.208. The highest BCUT2D eigenvalue weighted by molar-refractivity contribution is 5.79. The predicted molar refractivity (Wildman–Crippen MR) is 91.1 cm³/mol. The molecule has 0 spiro atoms. The van der Waals surface area contributed by atoms with E-state index in [4.69, 9.17) is 0 Å². The Balaban J connectivity index is 2.47. The molecule has 0 radical (unpaired) electrons. The van der Waals surface area contributed by atoms with Crippen molar-refractivity contribution in [3.8, 4) is 0 Å². The molecule has 2 rings (SSSR count). The zero-order valence-electron chi connectivity index (χ0n) is 13.6. The van der Waals surface area contributed by atoms with Gasteiger partial charge in [-0.15, -0.1) is 0 Å². The van der Waals surface area contributed by atoms with E-state index in [1.165, 1.54) is 24.6 Å². The zero-order valence-corrected chi connectivity index (χ0v) is 13.6. The Bertz CT molecular complexity index is 642. The molecule has 0 N–H and O–H groups in total. The average molecular weight is 285 g/mol. The summed E-state index contributed by atoms with van der Waals surface area (Å²) < 4.78 is 1.92. The summed E-state index contributed by atoms with van der Waals surface area (Å²) in [6.07, 6.45) is 5.87. The summed E-state index contributed by atoms with van der Waals surface area (Å²) in [4.78, 5) is 12.8. The van der Waals surface area contributed by atoms with Crippen molar-refractivity contribution in [3.63, 3.8) is 0 Å². The van der Waals surface area contributed by atoms with Gasteiger partial charge in [-0.2, -0.15) is 0 Å². The number of hydrogen-bond donors (Lipinski definition) is 0. The van der Waals surface area contributed by atoms with E-state index in [9.17, 15) is 4.79 Å². The molecule has 1 aromatic carbocycles. The second-order valence-corrected chi connectivity index (χ2v) is 5.81. The Morgan fingerprint density at radius 2 is 1.86 bits per heavy atom. The lowest BCUT2D eigenvalue weighted by Crippen LogP contribution is -2.25. The molecule has 114 valence electrons. The molecule has 1 unspecified atom stereocenters. The van der Waals surface area contributed by atoms with Gasteiger partial charge in [0.15, 0.2) is 0 Å². The molecule has 1 aromatic heterocycles. The van der Waals surface area contributed by atoms with Crippen LogP contribution in [0.5, 0.6) is 0 Å². The highest BCUT2D eigenvalue weighted by Gasteiger charge is 2.16. The number of unbranched alkanes of at least 4 members (excludes halogenated alkanes) is 2. The number of para-hydroxylation sites is 1. The first-order valence-corrected chi connectivity index (χ1v) is 8.35. The highest BCUT2D eigenvalue weighted by atomic mass is 16.1. The van der Waals surface area contributed by atoms with Crippen molar-refractivity contribution >= 4 is 10.9 Å². The molecule has 2 aromatic rings. The topological polar surface area (TPSA) is 22.0 Å². The molecule has 0 saturated heterocycles. The summed E-state index contributed by atoms with van der Waals surface area (Å²) >= 11 is 0. The molecule has 21 heavy (non-hydrogen) atoms. The van der Waals surface area contributed by atoms with Gasteiger partial charge in [0, 0.05) is 12.1 Å². The van der Waals surface area contributed by atoms with Crippen LogP contribution in [0.1, 0.15) is 64.4 Å². The molecule has 2 heteroatoms. The minimum Gasteiger partial charge on any atom is -0.308 e. The number of hydrogen-bond acceptors (Lipinski definition) is 1. The van der Waals surface area contributed by atoms with Crippen LogP contribution in [0.4, 0.5) is 0 Å². The van der Waals surface area contributed by atoms with E-state index in [-0.39, 0.29) is 5.56 Å². The van der Waals surface area contributed by atoms with Crippen molar-refractivity contribution in [1.29, 1.82) is 0 Å². The van der Waals surface area contributed by atoms with Gasteiger partial charge >= 0.3 is 0 Å². The van der Waals surface area contributed by atoms with Crippen LogP contribution in [0.25, 0.3) is 10.9 Å². The molecule has 0 aliphatic heterocycles. The zero-order chi connectivity index (χ0) is 15.2. The fraction of sp³-hybridized carbons (Fsp3) is 0.526. The lowest BCUT2D eigenvalue weighted by Gasteiger charge is -2.18. The van der Waals surface area contributed by atoms with Crippen molar-refractivity contribution in [1.82, 2.24) is 4.57 Å². The molecule has 0 aliphatic rings. The summed E-state index contributed by atoms with van der Waals surface area (Å²) in [6, 6.07) is 10.3. The predicted octanol–water partition coefficient (Wildman–Crippen LogP) is 5.10. The lowest BCUT2D eigenvalue weighted by molar-refractivity contribution is 0.545. The van der Waals surface area contributed by atoms with Gasteiger partial charge in [0.05, 0.1) is 5.52 Å². The molecule has 1 atom stereocenters. The van der Waals surface area contributed by atoms with Gasteiger partial charge in [-0.1, -0.05) is 51.3 Å². The Morgan fingerprint density at radius 3 is 2.52 bits per heavy atom. The van der Waals surface area contributed by atoms with E-state index >= 15 is 0 Å².